The highest BCUT2D eigenvalue weighted by atomic mass is 32.2. The van der Waals surface area contributed by atoms with Gasteiger partial charge in [-0.3, -0.25) is 0 Å². The minimum atomic E-state index is -3.30. The smallest absolute Gasteiger partial charge is 0.281 e. The van der Waals surface area contributed by atoms with Crippen LogP contribution in [0.25, 0.3) is 11.0 Å². The van der Waals surface area contributed by atoms with Crippen molar-refractivity contribution in [3.8, 4) is 0 Å². The Hall–Kier alpha value is -1.44. The molecule has 0 saturated carbocycles. The van der Waals surface area contributed by atoms with Crippen LogP contribution in [0.5, 0.6) is 0 Å². The molecule has 0 spiro atoms. The predicted molar refractivity (Wildman–Crippen MR) is 98.6 cm³/mol. The van der Waals surface area contributed by atoms with E-state index >= 15 is 0 Å². The Balaban J connectivity index is 1.43. The number of aromatic amines is 1. The lowest BCUT2D eigenvalue weighted by atomic mass is 9.97. The Kier molecular flexibility index (Phi) is 4.80. The first kappa shape index (κ1) is 17.0. The average Bonchev–Trinajstić information content (AvgIpc) is 2.87. The quantitative estimate of drug-likeness (QED) is 0.913. The highest BCUT2D eigenvalue weighted by Gasteiger charge is 2.34. The molecule has 0 radical (unpaired) electrons. The molecule has 2 fully saturated rings. The van der Waals surface area contributed by atoms with Gasteiger partial charge in [0, 0.05) is 32.1 Å². The molecule has 6 nitrogen and oxygen atoms in total. The molecule has 0 bridgehead atoms. The van der Waals surface area contributed by atoms with Crippen molar-refractivity contribution in [2.75, 3.05) is 26.2 Å². The Morgan fingerprint density at radius 1 is 0.920 bits per heavy atom. The van der Waals surface area contributed by atoms with E-state index in [1.165, 1.54) is 0 Å². The SMILES string of the molecule is O=S(=O)(N1CCCCCC1)N1CCC(c2nc3ccccc3[nH]2)CC1. The number of fused-ring (bicyclic) bond motifs is 1. The van der Waals surface area contributed by atoms with Gasteiger partial charge in [0.2, 0.25) is 0 Å². The second-order valence-electron chi connectivity index (χ2n) is 7.13. The summed E-state index contributed by atoms with van der Waals surface area (Å²) in [4.78, 5) is 8.09. The minimum absolute atomic E-state index is 0.308. The molecule has 0 atom stereocenters. The second-order valence-corrected chi connectivity index (χ2v) is 9.06. The van der Waals surface area contributed by atoms with E-state index in [4.69, 9.17) is 4.98 Å². The molecule has 136 valence electrons. The number of piperidine rings is 1. The van der Waals surface area contributed by atoms with Crippen molar-refractivity contribution in [2.45, 2.75) is 44.4 Å². The number of aromatic nitrogens is 2. The summed E-state index contributed by atoms with van der Waals surface area (Å²) in [5, 5.41) is 0. The van der Waals surface area contributed by atoms with E-state index in [1.54, 1.807) is 8.61 Å². The number of hydrogen-bond acceptors (Lipinski definition) is 3. The third-order valence-electron chi connectivity index (χ3n) is 5.47. The van der Waals surface area contributed by atoms with Crippen molar-refractivity contribution in [3.63, 3.8) is 0 Å². The number of H-pyrrole nitrogens is 1. The van der Waals surface area contributed by atoms with Gasteiger partial charge in [0.1, 0.15) is 5.82 Å². The Labute approximate surface area is 149 Å². The largest absolute Gasteiger partial charge is 0.342 e. The van der Waals surface area contributed by atoms with Gasteiger partial charge in [0.05, 0.1) is 11.0 Å². The molecule has 4 rings (SSSR count). The fourth-order valence-corrected chi connectivity index (χ4v) is 5.68. The molecule has 0 aliphatic carbocycles. The fraction of sp³-hybridized carbons (Fsp3) is 0.611. The van der Waals surface area contributed by atoms with E-state index < -0.39 is 10.2 Å². The number of para-hydroxylation sites is 2. The van der Waals surface area contributed by atoms with Crippen molar-refractivity contribution < 1.29 is 8.42 Å². The summed E-state index contributed by atoms with van der Waals surface area (Å²) in [6.45, 7) is 2.51. The number of rotatable bonds is 3. The van der Waals surface area contributed by atoms with Crippen molar-refractivity contribution in [2.24, 2.45) is 0 Å². The molecule has 7 heteroatoms. The van der Waals surface area contributed by atoms with Crippen LogP contribution in [0.2, 0.25) is 0 Å². The van der Waals surface area contributed by atoms with Crippen LogP contribution in [-0.4, -0.2) is 53.2 Å². The van der Waals surface area contributed by atoms with Gasteiger partial charge in [-0.2, -0.15) is 17.0 Å². The van der Waals surface area contributed by atoms with Gasteiger partial charge in [-0.15, -0.1) is 0 Å². The summed E-state index contributed by atoms with van der Waals surface area (Å²) >= 11 is 0. The van der Waals surface area contributed by atoms with E-state index in [9.17, 15) is 8.42 Å². The first-order chi connectivity index (χ1) is 12.1. The van der Waals surface area contributed by atoms with Crippen LogP contribution in [0.15, 0.2) is 24.3 Å². The van der Waals surface area contributed by atoms with Crippen molar-refractivity contribution in [3.05, 3.63) is 30.1 Å². The van der Waals surface area contributed by atoms with Gasteiger partial charge in [0.25, 0.3) is 10.2 Å². The maximum atomic E-state index is 12.9. The van der Waals surface area contributed by atoms with Crippen LogP contribution in [0, 0.1) is 0 Å². The Morgan fingerprint density at radius 3 is 2.24 bits per heavy atom. The second kappa shape index (κ2) is 7.05. The van der Waals surface area contributed by atoms with Crippen LogP contribution in [0.3, 0.4) is 0 Å². The highest BCUT2D eigenvalue weighted by molar-refractivity contribution is 7.86. The van der Waals surface area contributed by atoms with E-state index in [-0.39, 0.29) is 0 Å². The van der Waals surface area contributed by atoms with Crippen LogP contribution >= 0.6 is 0 Å². The predicted octanol–water partition coefficient (Wildman–Crippen LogP) is 2.86. The molecule has 2 saturated heterocycles. The van der Waals surface area contributed by atoms with Gasteiger partial charge >= 0.3 is 0 Å². The number of imidazole rings is 1. The van der Waals surface area contributed by atoms with Crippen molar-refractivity contribution >= 4 is 21.2 Å². The zero-order valence-electron chi connectivity index (χ0n) is 14.5. The maximum absolute atomic E-state index is 12.9. The molecule has 2 aromatic rings. The zero-order valence-corrected chi connectivity index (χ0v) is 15.3. The molecule has 1 aromatic heterocycles. The summed E-state index contributed by atoms with van der Waals surface area (Å²) in [6.07, 6.45) is 5.89. The molecular weight excluding hydrogens is 336 g/mol. The molecule has 1 aromatic carbocycles. The van der Waals surface area contributed by atoms with Crippen molar-refractivity contribution in [1.82, 2.24) is 18.6 Å². The monoisotopic (exact) mass is 362 g/mol. The molecule has 1 N–H and O–H groups in total. The van der Waals surface area contributed by atoms with Gasteiger partial charge in [-0.25, -0.2) is 4.98 Å². The molecule has 25 heavy (non-hydrogen) atoms. The number of benzene rings is 1. The summed E-state index contributed by atoms with van der Waals surface area (Å²) < 4.78 is 29.2. The standard InChI is InChI=1S/C18H26N4O2S/c23-25(24,21-11-5-1-2-6-12-21)22-13-9-15(10-14-22)18-19-16-7-3-4-8-17(16)20-18/h3-4,7-8,15H,1-2,5-6,9-14H2,(H,19,20). The highest BCUT2D eigenvalue weighted by Crippen LogP contribution is 2.30. The van der Waals surface area contributed by atoms with E-state index in [1.807, 2.05) is 24.3 Å². The molecular formula is C18H26N4O2S. The van der Waals surface area contributed by atoms with Gasteiger partial charge in [0.15, 0.2) is 0 Å². The summed E-state index contributed by atoms with van der Waals surface area (Å²) in [5.41, 5.74) is 2.04. The topological polar surface area (TPSA) is 69.3 Å². The third-order valence-corrected chi connectivity index (χ3v) is 7.50. The van der Waals surface area contributed by atoms with Crippen LogP contribution in [0.4, 0.5) is 0 Å². The van der Waals surface area contributed by atoms with Gasteiger partial charge in [-0.05, 0) is 37.8 Å². The summed E-state index contributed by atoms with van der Waals surface area (Å²) in [6, 6.07) is 8.03. The molecule has 0 unspecified atom stereocenters. The lowest BCUT2D eigenvalue weighted by Crippen LogP contribution is -2.47. The van der Waals surface area contributed by atoms with Crippen molar-refractivity contribution in [1.29, 1.82) is 0 Å². The number of nitrogens with zero attached hydrogens (tertiary/aromatic N) is 3. The molecule has 0 amide bonds. The number of hydrogen-bond donors (Lipinski definition) is 1. The van der Waals surface area contributed by atoms with Gasteiger partial charge < -0.3 is 4.98 Å². The minimum Gasteiger partial charge on any atom is -0.342 e. The lowest BCUT2D eigenvalue weighted by Gasteiger charge is -2.34. The maximum Gasteiger partial charge on any atom is 0.281 e. The van der Waals surface area contributed by atoms with Crippen LogP contribution in [-0.2, 0) is 10.2 Å². The first-order valence-electron chi connectivity index (χ1n) is 9.34. The summed E-state index contributed by atoms with van der Waals surface area (Å²) in [7, 11) is -3.30. The van der Waals surface area contributed by atoms with Gasteiger partial charge in [-0.1, -0.05) is 25.0 Å². The van der Waals surface area contributed by atoms with E-state index in [0.29, 0.717) is 32.1 Å². The number of nitrogens with one attached hydrogen (secondary N) is 1. The lowest BCUT2D eigenvalue weighted by molar-refractivity contribution is 0.284. The fourth-order valence-electron chi connectivity index (χ4n) is 3.96. The normalized spacial score (nSPS) is 22.2. The third kappa shape index (κ3) is 3.45. The average molecular weight is 362 g/mol. The Morgan fingerprint density at radius 2 is 1.56 bits per heavy atom. The molecule has 2 aliphatic heterocycles. The molecule has 2 aliphatic rings. The van der Waals surface area contributed by atoms with Crippen LogP contribution < -0.4 is 0 Å². The van der Waals surface area contributed by atoms with E-state index in [2.05, 4.69) is 4.98 Å². The van der Waals surface area contributed by atoms with E-state index in [0.717, 1.165) is 55.4 Å². The molecule has 3 heterocycles. The Bertz CT molecular complexity index is 783. The van der Waals surface area contributed by atoms with Crippen LogP contribution in [0.1, 0.15) is 50.3 Å². The zero-order chi connectivity index (χ0) is 17.3. The first-order valence-corrected chi connectivity index (χ1v) is 10.7. The summed E-state index contributed by atoms with van der Waals surface area (Å²) in [5.74, 6) is 1.30.